The van der Waals surface area contributed by atoms with Gasteiger partial charge in [0.1, 0.15) is 5.75 Å². The number of rotatable bonds is 4. The summed E-state index contributed by atoms with van der Waals surface area (Å²) in [6.07, 6.45) is -0.364. The Morgan fingerprint density at radius 2 is 1.94 bits per heavy atom. The third-order valence-corrected chi connectivity index (χ3v) is 3.02. The summed E-state index contributed by atoms with van der Waals surface area (Å²) < 4.78 is 32.6. The van der Waals surface area contributed by atoms with Crippen molar-refractivity contribution in [3.63, 3.8) is 0 Å². The molecular formula is C11H15NO5S. The second-order valence-electron chi connectivity index (χ2n) is 3.86. The number of benzene rings is 1. The smallest absolute Gasteiger partial charge is 0.339 e. The fourth-order valence-corrected chi connectivity index (χ4v) is 2.03. The van der Waals surface area contributed by atoms with Crippen molar-refractivity contribution in [2.75, 3.05) is 7.11 Å². The lowest BCUT2D eigenvalue weighted by atomic mass is 10.2. The van der Waals surface area contributed by atoms with E-state index in [1.165, 1.54) is 25.3 Å². The zero-order valence-electron chi connectivity index (χ0n) is 10.3. The number of methoxy groups -OCH3 is 1. The van der Waals surface area contributed by atoms with E-state index in [4.69, 9.17) is 14.6 Å². The predicted molar refractivity (Wildman–Crippen MR) is 64.9 cm³/mol. The zero-order chi connectivity index (χ0) is 13.9. The van der Waals surface area contributed by atoms with Gasteiger partial charge in [0, 0.05) is 0 Å². The Labute approximate surface area is 106 Å². The van der Waals surface area contributed by atoms with Crippen molar-refractivity contribution in [2.24, 2.45) is 5.14 Å². The number of carbonyl (C=O) groups is 1. The number of hydrogen-bond acceptors (Lipinski definition) is 5. The van der Waals surface area contributed by atoms with E-state index in [0.717, 1.165) is 0 Å². The Bertz CT molecular complexity index is 551. The maximum atomic E-state index is 11.8. The molecule has 7 heteroatoms. The summed E-state index contributed by atoms with van der Waals surface area (Å²) in [6, 6.07) is 3.90. The van der Waals surface area contributed by atoms with Crippen LogP contribution >= 0.6 is 0 Å². The van der Waals surface area contributed by atoms with Gasteiger partial charge in [-0.15, -0.1) is 0 Å². The molecule has 6 nitrogen and oxygen atoms in total. The van der Waals surface area contributed by atoms with Crippen LogP contribution in [0.4, 0.5) is 0 Å². The molecule has 2 N–H and O–H groups in total. The van der Waals surface area contributed by atoms with Gasteiger partial charge >= 0.3 is 5.97 Å². The molecule has 0 aliphatic heterocycles. The van der Waals surface area contributed by atoms with Crippen molar-refractivity contribution in [1.29, 1.82) is 0 Å². The highest BCUT2D eigenvalue weighted by molar-refractivity contribution is 7.89. The molecular weight excluding hydrogens is 258 g/mol. The van der Waals surface area contributed by atoms with Crippen LogP contribution in [0.25, 0.3) is 0 Å². The molecule has 0 saturated heterocycles. The summed E-state index contributed by atoms with van der Waals surface area (Å²) in [5.41, 5.74) is -0.134. The maximum absolute atomic E-state index is 11.8. The molecule has 0 atom stereocenters. The van der Waals surface area contributed by atoms with Crippen LogP contribution < -0.4 is 9.88 Å². The molecule has 100 valence electrons. The van der Waals surface area contributed by atoms with Crippen molar-refractivity contribution in [3.05, 3.63) is 23.8 Å². The molecule has 0 aliphatic rings. The summed E-state index contributed by atoms with van der Waals surface area (Å²) in [5, 5.41) is 5.04. The quantitative estimate of drug-likeness (QED) is 0.822. The van der Waals surface area contributed by atoms with Gasteiger partial charge in [0.2, 0.25) is 10.0 Å². The maximum Gasteiger partial charge on any atom is 0.339 e. The lowest BCUT2D eigenvalue weighted by Crippen LogP contribution is -2.19. The van der Waals surface area contributed by atoms with E-state index in [-0.39, 0.29) is 16.6 Å². The van der Waals surface area contributed by atoms with Crippen LogP contribution in [-0.4, -0.2) is 27.6 Å². The van der Waals surface area contributed by atoms with E-state index in [9.17, 15) is 13.2 Å². The van der Waals surface area contributed by atoms with E-state index >= 15 is 0 Å². The minimum Gasteiger partial charge on any atom is -0.497 e. The van der Waals surface area contributed by atoms with Crippen LogP contribution in [-0.2, 0) is 14.8 Å². The number of carbonyl (C=O) groups excluding carboxylic acids is 1. The van der Waals surface area contributed by atoms with Gasteiger partial charge in [-0.25, -0.2) is 18.4 Å². The molecule has 0 radical (unpaired) electrons. The second kappa shape index (κ2) is 5.36. The molecule has 0 aliphatic carbocycles. The SMILES string of the molecule is COc1ccc(S(N)(=O)=O)c(C(=O)OC(C)C)c1. The first-order valence-electron chi connectivity index (χ1n) is 5.17. The zero-order valence-corrected chi connectivity index (χ0v) is 11.2. The van der Waals surface area contributed by atoms with Crippen molar-refractivity contribution in [3.8, 4) is 5.75 Å². The average molecular weight is 273 g/mol. The van der Waals surface area contributed by atoms with Crippen molar-refractivity contribution in [2.45, 2.75) is 24.8 Å². The van der Waals surface area contributed by atoms with E-state index in [0.29, 0.717) is 5.75 Å². The normalized spacial score (nSPS) is 11.4. The van der Waals surface area contributed by atoms with Crippen molar-refractivity contribution < 1.29 is 22.7 Å². The number of nitrogens with two attached hydrogens (primary N) is 1. The molecule has 0 spiro atoms. The number of hydrogen-bond donors (Lipinski definition) is 1. The first-order chi connectivity index (χ1) is 8.25. The molecule has 0 aromatic heterocycles. The molecule has 0 fully saturated rings. The van der Waals surface area contributed by atoms with Gasteiger partial charge < -0.3 is 9.47 Å². The highest BCUT2D eigenvalue weighted by Gasteiger charge is 2.22. The molecule has 0 saturated carbocycles. The van der Waals surface area contributed by atoms with Gasteiger partial charge in [0.05, 0.1) is 23.7 Å². The van der Waals surface area contributed by atoms with Gasteiger partial charge in [0.25, 0.3) is 0 Å². The van der Waals surface area contributed by atoms with Crippen LogP contribution in [0.3, 0.4) is 0 Å². The summed E-state index contributed by atoms with van der Waals surface area (Å²) in [5.74, 6) is -0.411. The Hall–Kier alpha value is -1.60. The standard InChI is InChI=1S/C11H15NO5S/c1-7(2)17-11(13)9-6-8(16-3)4-5-10(9)18(12,14)15/h4-7H,1-3H3,(H2,12,14,15). The van der Waals surface area contributed by atoms with Crippen molar-refractivity contribution >= 4 is 16.0 Å². The molecule has 0 heterocycles. The van der Waals surface area contributed by atoms with E-state index in [1.807, 2.05) is 0 Å². The number of ether oxygens (including phenoxy) is 2. The lowest BCUT2D eigenvalue weighted by molar-refractivity contribution is 0.0373. The summed E-state index contributed by atoms with van der Waals surface area (Å²) >= 11 is 0. The Morgan fingerprint density at radius 3 is 2.39 bits per heavy atom. The molecule has 1 rings (SSSR count). The molecule has 0 bridgehead atoms. The summed E-state index contributed by atoms with van der Waals surface area (Å²) in [6.45, 7) is 3.32. The van der Waals surface area contributed by atoms with Crippen molar-refractivity contribution in [1.82, 2.24) is 0 Å². The largest absolute Gasteiger partial charge is 0.497 e. The van der Waals surface area contributed by atoms with Crippen LogP contribution in [0.2, 0.25) is 0 Å². The van der Waals surface area contributed by atoms with E-state index in [2.05, 4.69) is 0 Å². The average Bonchev–Trinajstić information content (AvgIpc) is 2.26. The molecule has 0 unspecified atom stereocenters. The Kier molecular flexibility index (Phi) is 4.31. The molecule has 18 heavy (non-hydrogen) atoms. The van der Waals surface area contributed by atoms with Gasteiger partial charge in [-0.1, -0.05) is 0 Å². The number of esters is 1. The molecule has 1 aromatic rings. The summed E-state index contributed by atoms with van der Waals surface area (Å²) in [7, 11) is -2.59. The fourth-order valence-electron chi connectivity index (χ4n) is 1.32. The van der Waals surface area contributed by atoms with Crippen LogP contribution in [0, 0.1) is 0 Å². The van der Waals surface area contributed by atoms with Gasteiger partial charge in [0.15, 0.2) is 0 Å². The van der Waals surface area contributed by atoms with Crippen LogP contribution in [0.1, 0.15) is 24.2 Å². The minimum absolute atomic E-state index is 0.134. The lowest BCUT2D eigenvalue weighted by Gasteiger charge is -2.11. The first-order valence-corrected chi connectivity index (χ1v) is 6.72. The number of sulfonamides is 1. The third kappa shape index (κ3) is 3.44. The highest BCUT2D eigenvalue weighted by atomic mass is 32.2. The van der Waals surface area contributed by atoms with Crippen LogP contribution in [0.15, 0.2) is 23.1 Å². The van der Waals surface area contributed by atoms with Gasteiger partial charge in [-0.3, -0.25) is 0 Å². The molecule has 0 amide bonds. The van der Waals surface area contributed by atoms with E-state index < -0.39 is 16.0 Å². The Morgan fingerprint density at radius 1 is 1.33 bits per heavy atom. The third-order valence-electron chi connectivity index (χ3n) is 2.06. The van der Waals surface area contributed by atoms with Gasteiger partial charge in [-0.2, -0.15) is 0 Å². The predicted octanol–water partition coefficient (Wildman–Crippen LogP) is 0.908. The molecule has 1 aromatic carbocycles. The highest BCUT2D eigenvalue weighted by Crippen LogP contribution is 2.22. The monoisotopic (exact) mass is 273 g/mol. The van der Waals surface area contributed by atoms with Gasteiger partial charge in [-0.05, 0) is 32.0 Å². The fraction of sp³-hybridized carbons (Fsp3) is 0.364. The van der Waals surface area contributed by atoms with E-state index in [1.54, 1.807) is 13.8 Å². The topological polar surface area (TPSA) is 95.7 Å². The second-order valence-corrected chi connectivity index (χ2v) is 5.39. The van der Waals surface area contributed by atoms with Crippen LogP contribution in [0.5, 0.6) is 5.75 Å². The summed E-state index contributed by atoms with van der Waals surface area (Å²) in [4.78, 5) is 11.5. The number of primary sulfonamides is 1. The Balaban J connectivity index is 3.33. The first kappa shape index (κ1) is 14.5. The minimum atomic E-state index is -4.00.